The van der Waals surface area contributed by atoms with E-state index in [4.69, 9.17) is 16.3 Å². The van der Waals surface area contributed by atoms with Crippen molar-refractivity contribution in [3.63, 3.8) is 0 Å². The van der Waals surface area contributed by atoms with Crippen LogP contribution in [0.15, 0.2) is 18.2 Å². The Morgan fingerprint density at radius 2 is 2.10 bits per heavy atom. The summed E-state index contributed by atoms with van der Waals surface area (Å²) in [4.78, 5) is 23.0. The molecule has 0 aromatic heterocycles. The number of imide groups is 1. The fourth-order valence-electron chi connectivity index (χ4n) is 1.59. The number of hydrogen-bond donors (Lipinski definition) is 3. The summed E-state index contributed by atoms with van der Waals surface area (Å²) in [5.74, 6) is 0.130. The molecule has 0 fully saturated rings. The lowest BCUT2D eigenvalue weighted by Gasteiger charge is -2.11. The number of methoxy groups -OCH3 is 1. The van der Waals surface area contributed by atoms with Crippen molar-refractivity contribution in [1.29, 1.82) is 0 Å². The maximum Gasteiger partial charge on any atom is 0.321 e. The van der Waals surface area contributed by atoms with Crippen molar-refractivity contribution in [2.75, 3.05) is 25.5 Å². The number of rotatable bonds is 7. The number of carbonyl (C=O) groups is 2. The van der Waals surface area contributed by atoms with Gasteiger partial charge in [0.2, 0.25) is 5.91 Å². The number of carbonyl (C=O) groups excluding carboxylic acids is 2. The van der Waals surface area contributed by atoms with Crippen LogP contribution in [0, 0.1) is 0 Å². The number of ether oxygens (including phenoxy) is 1. The van der Waals surface area contributed by atoms with Gasteiger partial charge in [0.25, 0.3) is 0 Å². The van der Waals surface area contributed by atoms with Crippen LogP contribution in [-0.4, -0.2) is 32.1 Å². The number of nitrogens with one attached hydrogen (secondary N) is 3. The number of urea groups is 1. The fourth-order valence-corrected chi connectivity index (χ4v) is 1.76. The summed E-state index contributed by atoms with van der Waals surface area (Å²) in [7, 11) is 1.52. The molecule has 3 N–H and O–H groups in total. The first-order chi connectivity index (χ1) is 10.1. The first-order valence-electron chi connectivity index (χ1n) is 6.72. The molecule has 21 heavy (non-hydrogen) atoms. The predicted octanol–water partition coefficient (Wildman–Crippen LogP) is 2.39. The minimum absolute atomic E-state index is 0.0576. The first-order valence-corrected chi connectivity index (χ1v) is 7.09. The van der Waals surface area contributed by atoms with E-state index in [1.807, 2.05) is 6.92 Å². The van der Waals surface area contributed by atoms with Gasteiger partial charge >= 0.3 is 6.03 Å². The molecule has 0 radical (unpaired) electrons. The molecule has 0 heterocycles. The Morgan fingerprint density at radius 3 is 2.76 bits per heavy atom. The van der Waals surface area contributed by atoms with Gasteiger partial charge in [-0.25, -0.2) is 4.79 Å². The van der Waals surface area contributed by atoms with E-state index in [0.717, 1.165) is 12.8 Å². The molecule has 1 aromatic carbocycles. The molecule has 0 atom stereocenters. The average Bonchev–Trinajstić information content (AvgIpc) is 2.45. The number of hydrogen-bond acceptors (Lipinski definition) is 4. The summed E-state index contributed by atoms with van der Waals surface area (Å²) in [6.45, 7) is 2.51. The van der Waals surface area contributed by atoms with Crippen LogP contribution in [0.5, 0.6) is 5.75 Å². The monoisotopic (exact) mass is 313 g/mol. The number of benzene rings is 1. The fraction of sp³-hybridized carbons (Fsp3) is 0.429. The third kappa shape index (κ3) is 6.35. The molecule has 1 rings (SSSR count). The van der Waals surface area contributed by atoms with E-state index in [0.29, 0.717) is 23.0 Å². The number of unbranched alkanes of at least 4 members (excludes halogenated alkanes) is 1. The van der Waals surface area contributed by atoms with E-state index >= 15 is 0 Å². The molecule has 0 saturated heterocycles. The van der Waals surface area contributed by atoms with Gasteiger partial charge in [0.1, 0.15) is 5.75 Å². The zero-order valence-corrected chi connectivity index (χ0v) is 12.9. The largest absolute Gasteiger partial charge is 0.495 e. The van der Waals surface area contributed by atoms with Gasteiger partial charge in [0, 0.05) is 11.6 Å². The Kier molecular flexibility index (Phi) is 7.39. The summed E-state index contributed by atoms with van der Waals surface area (Å²) < 4.78 is 5.15. The molecule has 0 aliphatic carbocycles. The maximum atomic E-state index is 11.6. The van der Waals surface area contributed by atoms with Crippen molar-refractivity contribution < 1.29 is 14.3 Å². The predicted molar refractivity (Wildman–Crippen MR) is 82.9 cm³/mol. The van der Waals surface area contributed by atoms with Crippen molar-refractivity contribution in [3.05, 3.63) is 23.2 Å². The zero-order valence-electron chi connectivity index (χ0n) is 12.2. The highest BCUT2D eigenvalue weighted by Gasteiger charge is 2.09. The lowest BCUT2D eigenvalue weighted by Crippen LogP contribution is -2.42. The van der Waals surface area contributed by atoms with Crippen molar-refractivity contribution in [2.24, 2.45) is 0 Å². The Hall–Kier alpha value is -1.95. The average molecular weight is 314 g/mol. The topological polar surface area (TPSA) is 79.5 Å². The second-order valence-electron chi connectivity index (χ2n) is 4.36. The number of anilines is 1. The summed E-state index contributed by atoms with van der Waals surface area (Å²) >= 11 is 5.88. The van der Waals surface area contributed by atoms with Gasteiger partial charge in [-0.2, -0.15) is 0 Å². The van der Waals surface area contributed by atoms with Crippen LogP contribution in [0.3, 0.4) is 0 Å². The number of halogens is 1. The molecule has 0 bridgehead atoms. The van der Waals surface area contributed by atoms with Crippen molar-refractivity contribution in [1.82, 2.24) is 10.6 Å². The van der Waals surface area contributed by atoms with Crippen molar-refractivity contribution in [2.45, 2.75) is 19.8 Å². The van der Waals surface area contributed by atoms with Crippen LogP contribution >= 0.6 is 11.6 Å². The van der Waals surface area contributed by atoms with Gasteiger partial charge in [-0.1, -0.05) is 24.9 Å². The van der Waals surface area contributed by atoms with Crippen LogP contribution in [-0.2, 0) is 4.79 Å². The standard InChI is InChI=1S/C14H20ClN3O3/c1-3-4-7-16-14(20)18-13(19)9-17-11-8-10(15)5-6-12(11)21-2/h5-6,8,17H,3-4,7,9H2,1-2H3,(H2,16,18,19,20). The highest BCUT2D eigenvalue weighted by Crippen LogP contribution is 2.27. The molecule has 3 amide bonds. The van der Waals surface area contributed by atoms with E-state index in [1.165, 1.54) is 7.11 Å². The Balaban J connectivity index is 2.42. The van der Waals surface area contributed by atoms with Crippen LogP contribution in [0.25, 0.3) is 0 Å². The van der Waals surface area contributed by atoms with Gasteiger partial charge in [0.05, 0.1) is 19.3 Å². The molecular weight excluding hydrogens is 294 g/mol. The molecular formula is C14H20ClN3O3. The third-order valence-corrected chi connectivity index (χ3v) is 2.90. The maximum absolute atomic E-state index is 11.6. The Morgan fingerprint density at radius 1 is 1.33 bits per heavy atom. The lowest BCUT2D eigenvalue weighted by molar-refractivity contribution is -0.118. The van der Waals surface area contributed by atoms with E-state index in [9.17, 15) is 9.59 Å². The van der Waals surface area contributed by atoms with Crippen molar-refractivity contribution in [3.8, 4) is 5.75 Å². The van der Waals surface area contributed by atoms with Crippen molar-refractivity contribution >= 4 is 29.2 Å². The van der Waals surface area contributed by atoms with Gasteiger partial charge in [-0.15, -0.1) is 0 Å². The minimum atomic E-state index is -0.492. The quantitative estimate of drug-likeness (QED) is 0.675. The molecule has 0 aliphatic rings. The SMILES string of the molecule is CCCCNC(=O)NC(=O)CNc1cc(Cl)ccc1OC. The van der Waals surface area contributed by atoms with E-state index in [2.05, 4.69) is 16.0 Å². The Bertz CT molecular complexity index is 494. The molecule has 116 valence electrons. The third-order valence-electron chi connectivity index (χ3n) is 2.67. The summed E-state index contributed by atoms with van der Waals surface area (Å²) in [6, 6.07) is 4.54. The summed E-state index contributed by atoms with van der Waals surface area (Å²) in [5, 5.41) is 8.24. The highest BCUT2D eigenvalue weighted by molar-refractivity contribution is 6.30. The van der Waals surface area contributed by atoms with Crippen LogP contribution in [0.2, 0.25) is 5.02 Å². The molecule has 1 aromatic rings. The molecule has 0 saturated carbocycles. The molecule has 0 unspecified atom stereocenters. The molecule has 0 spiro atoms. The van der Waals surface area contributed by atoms with Crippen LogP contribution in [0.1, 0.15) is 19.8 Å². The van der Waals surface area contributed by atoms with E-state index in [1.54, 1.807) is 18.2 Å². The van der Waals surface area contributed by atoms with E-state index in [-0.39, 0.29) is 6.54 Å². The number of amides is 3. The summed E-state index contributed by atoms with van der Waals surface area (Å²) in [5.41, 5.74) is 0.589. The molecule has 0 aliphatic heterocycles. The van der Waals surface area contributed by atoms with Crippen LogP contribution < -0.4 is 20.7 Å². The van der Waals surface area contributed by atoms with Gasteiger partial charge in [0.15, 0.2) is 0 Å². The minimum Gasteiger partial charge on any atom is -0.495 e. The zero-order chi connectivity index (χ0) is 15.7. The molecule has 6 nitrogen and oxygen atoms in total. The highest BCUT2D eigenvalue weighted by atomic mass is 35.5. The lowest BCUT2D eigenvalue weighted by atomic mass is 10.3. The normalized spacial score (nSPS) is 9.86. The van der Waals surface area contributed by atoms with Gasteiger partial charge in [-0.3, -0.25) is 10.1 Å². The molecule has 7 heteroatoms. The first kappa shape index (κ1) is 17.1. The Labute approximate surface area is 129 Å². The van der Waals surface area contributed by atoms with Gasteiger partial charge in [-0.05, 0) is 24.6 Å². The second kappa shape index (κ2) is 9.07. The second-order valence-corrected chi connectivity index (χ2v) is 4.79. The van der Waals surface area contributed by atoms with Crippen LogP contribution in [0.4, 0.5) is 10.5 Å². The summed E-state index contributed by atoms with van der Waals surface area (Å²) in [6.07, 6.45) is 1.85. The smallest absolute Gasteiger partial charge is 0.321 e. The van der Waals surface area contributed by atoms with E-state index < -0.39 is 11.9 Å². The van der Waals surface area contributed by atoms with Gasteiger partial charge < -0.3 is 15.4 Å².